The van der Waals surface area contributed by atoms with Crippen molar-refractivity contribution < 1.29 is 13.9 Å². The van der Waals surface area contributed by atoms with Crippen molar-refractivity contribution in [1.29, 1.82) is 0 Å². The number of carbonyl (C=O) groups excluding carboxylic acids is 1. The van der Waals surface area contributed by atoms with Gasteiger partial charge in [0.2, 0.25) is 0 Å². The highest BCUT2D eigenvalue weighted by Gasteiger charge is 2.24. The number of fused-ring (bicyclic) bond motifs is 1. The number of aliphatic imine (C=N–C) groups is 1. The highest BCUT2D eigenvalue weighted by atomic mass is 127. The number of guanidine groups is 1. The van der Waals surface area contributed by atoms with E-state index in [1.165, 1.54) is 6.07 Å². The molecule has 0 saturated carbocycles. The first-order valence-corrected chi connectivity index (χ1v) is 9.39. The first-order valence-electron chi connectivity index (χ1n) is 9.39. The number of halogens is 2. The predicted octanol–water partition coefficient (Wildman–Crippen LogP) is 2.97. The number of carbonyl (C=O) groups is 1. The fraction of sp³-hybridized carbons (Fsp3) is 0.333. The molecular weight excluding hydrogens is 486 g/mol. The molecule has 0 bridgehead atoms. The SMILES string of the molecule is CN=C(NCCCN1C(=O)COc2ccccc21)NCCc1ccccc1F.I. The fourth-order valence-electron chi connectivity index (χ4n) is 3.08. The standard InChI is InChI=1S/C21H25FN4O2.HI/c1-23-21(25-13-11-16-7-2-3-8-17(16)22)24-12-6-14-26-18-9-4-5-10-19(18)28-15-20(26)27;/h2-5,7-10H,6,11-15H2,1H3,(H2,23,24,25);1H. The Morgan fingerprint density at radius 3 is 2.66 bits per heavy atom. The van der Waals surface area contributed by atoms with Crippen LogP contribution >= 0.6 is 24.0 Å². The Bertz CT molecular complexity index is 847. The van der Waals surface area contributed by atoms with E-state index in [4.69, 9.17) is 4.74 Å². The van der Waals surface area contributed by atoms with E-state index in [2.05, 4.69) is 15.6 Å². The minimum atomic E-state index is -0.192. The Balaban J connectivity index is 0.00000300. The van der Waals surface area contributed by atoms with Crippen LogP contribution in [0.4, 0.5) is 10.1 Å². The molecule has 29 heavy (non-hydrogen) atoms. The Morgan fingerprint density at radius 1 is 1.14 bits per heavy atom. The molecule has 0 aromatic heterocycles. The summed E-state index contributed by atoms with van der Waals surface area (Å²) in [5, 5.41) is 6.40. The molecule has 156 valence electrons. The van der Waals surface area contributed by atoms with Crippen LogP contribution < -0.4 is 20.3 Å². The number of rotatable bonds is 7. The van der Waals surface area contributed by atoms with E-state index < -0.39 is 0 Å². The monoisotopic (exact) mass is 512 g/mol. The van der Waals surface area contributed by atoms with E-state index in [1.807, 2.05) is 30.3 Å². The minimum Gasteiger partial charge on any atom is -0.482 e. The number of benzene rings is 2. The number of hydrogen-bond donors (Lipinski definition) is 2. The topological polar surface area (TPSA) is 66.0 Å². The summed E-state index contributed by atoms with van der Waals surface area (Å²) in [6.07, 6.45) is 1.33. The summed E-state index contributed by atoms with van der Waals surface area (Å²) in [4.78, 5) is 18.1. The van der Waals surface area contributed by atoms with Crippen LogP contribution in [-0.4, -0.2) is 45.2 Å². The maximum absolute atomic E-state index is 13.6. The largest absolute Gasteiger partial charge is 0.482 e. The fourth-order valence-corrected chi connectivity index (χ4v) is 3.08. The Kier molecular flexibility index (Phi) is 9.17. The molecule has 1 aliphatic heterocycles. The van der Waals surface area contributed by atoms with Crippen LogP contribution in [0.25, 0.3) is 0 Å². The van der Waals surface area contributed by atoms with Gasteiger partial charge in [-0.05, 0) is 36.6 Å². The van der Waals surface area contributed by atoms with Gasteiger partial charge in [-0.25, -0.2) is 4.39 Å². The highest BCUT2D eigenvalue weighted by Crippen LogP contribution is 2.31. The molecule has 3 rings (SSSR count). The van der Waals surface area contributed by atoms with Gasteiger partial charge in [0.1, 0.15) is 11.6 Å². The van der Waals surface area contributed by atoms with Gasteiger partial charge in [-0.2, -0.15) is 0 Å². The van der Waals surface area contributed by atoms with Crippen molar-refractivity contribution >= 4 is 41.5 Å². The number of nitrogens with zero attached hydrogens (tertiary/aromatic N) is 2. The summed E-state index contributed by atoms with van der Waals surface area (Å²) < 4.78 is 19.1. The van der Waals surface area contributed by atoms with Crippen molar-refractivity contribution in [3.05, 3.63) is 59.9 Å². The number of ether oxygens (including phenoxy) is 1. The summed E-state index contributed by atoms with van der Waals surface area (Å²) >= 11 is 0. The quantitative estimate of drug-likeness (QED) is 0.259. The van der Waals surface area contributed by atoms with Gasteiger partial charge in [-0.15, -0.1) is 24.0 Å². The average Bonchev–Trinajstić information content (AvgIpc) is 2.72. The molecule has 0 spiro atoms. The number of para-hydroxylation sites is 2. The molecule has 2 aromatic carbocycles. The molecule has 2 aromatic rings. The van der Waals surface area contributed by atoms with E-state index >= 15 is 0 Å². The van der Waals surface area contributed by atoms with Crippen LogP contribution in [0.2, 0.25) is 0 Å². The summed E-state index contributed by atoms with van der Waals surface area (Å²) in [5.41, 5.74) is 1.49. The van der Waals surface area contributed by atoms with Gasteiger partial charge in [0.05, 0.1) is 5.69 Å². The molecular formula is C21H26FIN4O2. The highest BCUT2D eigenvalue weighted by molar-refractivity contribution is 14.0. The summed E-state index contributed by atoms with van der Waals surface area (Å²) in [7, 11) is 1.69. The van der Waals surface area contributed by atoms with Crippen LogP contribution in [0.1, 0.15) is 12.0 Å². The lowest BCUT2D eigenvalue weighted by molar-refractivity contribution is -0.121. The van der Waals surface area contributed by atoms with Gasteiger partial charge in [0, 0.05) is 26.7 Å². The van der Waals surface area contributed by atoms with Gasteiger partial charge in [-0.3, -0.25) is 9.79 Å². The molecule has 2 N–H and O–H groups in total. The molecule has 8 heteroatoms. The summed E-state index contributed by atoms with van der Waals surface area (Å²) in [6.45, 7) is 1.91. The van der Waals surface area contributed by atoms with Gasteiger partial charge in [-0.1, -0.05) is 30.3 Å². The van der Waals surface area contributed by atoms with Crippen molar-refractivity contribution in [2.45, 2.75) is 12.8 Å². The van der Waals surface area contributed by atoms with E-state index in [-0.39, 0.29) is 42.3 Å². The van der Waals surface area contributed by atoms with Crippen LogP contribution in [0.3, 0.4) is 0 Å². The Morgan fingerprint density at radius 2 is 1.86 bits per heavy atom. The first-order chi connectivity index (χ1) is 13.7. The molecule has 0 aliphatic carbocycles. The Hall–Kier alpha value is -2.36. The normalized spacial score (nSPS) is 13.2. The van der Waals surface area contributed by atoms with E-state index in [1.54, 1.807) is 24.1 Å². The second-order valence-corrected chi connectivity index (χ2v) is 6.42. The molecule has 1 aliphatic rings. The van der Waals surface area contributed by atoms with Crippen molar-refractivity contribution in [3.63, 3.8) is 0 Å². The third-order valence-corrected chi connectivity index (χ3v) is 4.53. The van der Waals surface area contributed by atoms with Gasteiger partial charge in [0.15, 0.2) is 12.6 Å². The summed E-state index contributed by atoms with van der Waals surface area (Å²) in [5.74, 6) is 1.17. The minimum absolute atomic E-state index is 0. The van der Waals surface area contributed by atoms with Crippen molar-refractivity contribution in [2.24, 2.45) is 4.99 Å². The van der Waals surface area contributed by atoms with Crippen molar-refractivity contribution in [1.82, 2.24) is 10.6 Å². The molecule has 0 radical (unpaired) electrons. The molecule has 0 fully saturated rings. The smallest absolute Gasteiger partial charge is 0.265 e. The number of amides is 1. The zero-order valence-electron chi connectivity index (χ0n) is 16.4. The summed E-state index contributed by atoms with van der Waals surface area (Å²) in [6, 6.07) is 14.3. The molecule has 0 saturated heterocycles. The van der Waals surface area contributed by atoms with Crippen LogP contribution in [0.5, 0.6) is 5.75 Å². The molecule has 0 atom stereocenters. The zero-order chi connectivity index (χ0) is 19.8. The lowest BCUT2D eigenvalue weighted by atomic mass is 10.1. The van der Waals surface area contributed by atoms with E-state index in [0.717, 1.165) is 17.9 Å². The van der Waals surface area contributed by atoms with Gasteiger partial charge >= 0.3 is 0 Å². The van der Waals surface area contributed by atoms with Gasteiger partial charge < -0.3 is 20.3 Å². The number of nitrogens with one attached hydrogen (secondary N) is 2. The molecule has 0 unspecified atom stereocenters. The number of anilines is 1. The second kappa shape index (κ2) is 11.6. The zero-order valence-corrected chi connectivity index (χ0v) is 18.7. The number of hydrogen-bond acceptors (Lipinski definition) is 3. The van der Waals surface area contributed by atoms with Crippen LogP contribution in [0, 0.1) is 5.82 Å². The van der Waals surface area contributed by atoms with Crippen LogP contribution in [-0.2, 0) is 11.2 Å². The average molecular weight is 512 g/mol. The molecule has 6 nitrogen and oxygen atoms in total. The molecule has 1 amide bonds. The maximum Gasteiger partial charge on any atom is 0.265 e. The predicted molar refractivity (Wildman–Crippen MR) is 124 cm³/mol. The van der Waals surface area contributed by atoms with Gasteiger partial charge in [0.25, 0.3) is 5.91 Å². The van der Waals surface area contributed by atoms with Crippen molar-refractivity contribution in [3.8, 4) is 5.75 Å². The first kappa shape index (κ1) is 22.9. The Labute approximate surface area is 187 Å². The van der Waals surface area contributed by atoms with E-state index in [0.29, 0.717) is 37.6 Å². The van der Waals surface area contributed by atoms with E-state index in [9.17, 15) is 9.18 Å². The second-order valence-electron chi connectivity index (χ2n) is 6.42. The maximum atomic E-state index is 13.6. The molecule has 1 heterocycles. The lowest BCUT2D eigenvalue weighted by Gasteiger charge is -2.29. The van der Waals surface area contributed by atoms with Crippen molar-refractivity contribution in [2.75, 3.05) is 38.2 Å². The third kappa shape index (κ3) is 6.31. The lowest BCUT2D eigenvalue weighted by Crippen LogP contribution is -2.42. The third-order valence-electron chi connectivity index (χ3n) is 4.53. The van der Waals surface area contributed by atoms with Crippen LogP contribution in [0.15, 0.2) is 53.5 Å².